The number of likely N-dealkylation sites (tertiary alicyclic amines) is 1. The Balaban J connectivity index is 1.55. The van der Waals surface area contributed by atoms with Gasteiger partial charge in [0.05, 0.1) is 18.8 Å². The molecule has 2 N–H and O–H groups in total. The molecule has 3 rings (SSSR count). The SMILES string of the molecule is COCC(CCN1CCC2(CC2)C(O)C1)N1CCN(C(=O)O)C(C)C1=O. The molecule has 2 aliphatic heterocycles. The molecule has 3 fully saturated rings. The van der Waals surface area contributed by atoms with Gasteiger partial charge in [0.15, 0.2) is 0 Å². The van der Waals surface area contributed by atoms with E-state index in [1.165, 1.54) is 4.90 Å². The van der Waals surface area contributed by atoms with E-state index in [1.807, 2.05) is 0 Å². The second kappa shape index (κ2) is 7.70. The van der Waals surface area contributed by atoms with Crippen LogP contribution in [-0.2, 0) is 9.53 Å². The molecule has 1 spiro atoms. The standard InChI is InChI=1S/C18H31N3O5/c1-13-16(23)21(10-9-20(13)17(24)25)14(12-26-2)3-7-19-8-6-18(4-5-18)15(22)11-19/h13-15,22H,3-12H2,1-2H3,(H,24,25). The minimum atomic E-state index is -1.05. The number of carbonyl (C=O) groups is 2. The maximum atomic E-state index is 12.7. The normalized spacial score (nSPS) is 29.9. The van der Waals surface area contributed by atoms with Crippen LogP contribution in [0.25, 0.3) is 0 Å². The highest BCUT2D eigenvalue weighted by atomic mass is 16.5. The lowest BCUT2D eigenvalue weighted by Gasteiger charge is -2.42. The van der Waals surface area contributed by atoms with E-state index in [-0.39, 0.29) is 23.5 Å². The molecule has 0 bridgehead atoms. The Hall–Kier alpha value is -1.38. The lowest BCUT2D eigenvalue weighted by molar-refractivity contribution is -0.144. The van der Waals surface area contributed by atoms with Crippen LogP contribution in [0.15, 0.2) is 0 Å². The first-order chi connectivity index (χ1) is 12.4. The van der Waals surface area contributed by atoms with Crippen LogP contribution < -0.4 is 0 Å². The van der Waals surface area contributed by atoms with Crippen LogP contribution in [0.1, 0.15) is 32.6 Å². The number of aliphatic hydroxyl groups excluding tert-OH is 1. The second-order valence-corrected chi connectivity index (χ2v) is 8.01. The molecule has 0 aromatic heterocycles. The number of hydrogen-bond donors (Lipinski definition) is 2. The Bertz CT molecular complexity index is 539. The fraction of sp³-hybridized carbons (Fsp3) is 0.889. The molecule has 3 unspecified atom stereocenters. The summed E-state index contributed by atoms with van der Waals surface area (Å²) in [6.07, 6.45) is 2.82. The summed E-state index contributed by atoms with van der Waals surface area (Å²) in [7, 11) is 1.62. The van der Waals surface area contributed by atoms with Gasteiger partial charge in [0.1, 0.15) is 6.04 Å². The zero-order valence-corrected chi connectivity index (χ0v) is 15.8. The number of β-amino-alcohol motifs (C(OH)–C–C–N with tert-alkyl or cyclic N) is 1. The molecule has 8 heteroatoms. The number of carboxylic acid groups (broad SMARTS) is 1. The van der Waals surface area contributed by atoms with Gasteiger partial charge in [0.25, 0.3) is 0 Å². The Morgan fingerprint density at radius 2 is 2.04 bits per heavy atom. The Labute approximate surface area is 154 Å². The van der Waals surface area contributed by atoms with Crippen LogP contribution in [0.2, 0.25) is 0 Å². The summed E-state index contributed by atoms with van der Waals surface area (Å²) in [6, 6.07) is -0.730. The first kappa shape index (κ1) is 19.4. The molecular weight excluding hydrogens is 338 g/mol. The summed E-state index contributed by atoms with van der Waals surface area (Å²) in [6.45, 7) is 5.31. The van der Waals surface area contributed by atoms with E-state index in [9.17, 15) is 19.8 Å². The molecular formula is C18H31N3O5. The summed E-state index contributed by atoms with van der Waals surface area (Å²) < 4.78 is 5.33. The van der Waals surface area contributed by atoms with Crippen molar-refractivity contribution in [3.05, 3.63) is 0 Å². The van der Waals surface area contributed by atoms with Gasteiger partial charge in [0, 0.05) is 33.3 Å². The second-order valence-electron chi connectivity index (χ2n) is 8.01. The van der Waals surface area contributed by atoms with Crippen molar-refractivity contribution in [1.29, 1.82) is 0 Å². The van der Waals surface area contributed by atoms with Crippen molar-refractivity contribution in [2.75, 3.05) is 46.4 Å². The summed E-state index contributed by atoms with van der Waals surface area (Å²) in [5, 5.41) is 19.6. The third-order valence-electron chi connectivity index (χ3n) is 6.47. The van der Waals surface area contributed by atoms with Gasteiger partial charge in [-0.3, -0.25) is 9.69 Å². The summed E-state index contributed by atoms with van der Waals surface area (Å²) in [4.78, 5) is 29.1. The van der Waals surface area contributed by atoms with Crippen molar-refractivity contribution in [3.8, 4) is 0 Å². The predicted octanol–water partition coefficient (Wildman–Crippen LogP) is 0.449. The van der Waals surface area contributed by atoms with Crippen LogP contribution in [0.5, 0.6) is 0 Å². The number of ether oxygens (including phenoxy) is 1. The largest absolute Gasteiger partial charge is 0.465 e. The van der Waals surface area contributed by atoms with Gasteiger partial charge < -0.3 is 24.7 Å². The van der Waals surface area contributed by atoms with Gasteiger partial charge in [-0.2, -0.15) is 0 Å². The number of methoxy groups -OCH3 is 1. The molecule has 148 valence electrons. The number of rotatable bonds is 6. The van der Waals surface area contributed by atoms with E-state index >= 15 is 0 Å². The van der Waals surface area contributed by atoms with Gasteiger partial charge in [0.2, 0.25) is 5.91 Å². The summed E-state index contributed by atoms with van der Waals surface area (Å²) in [5.41, 5.74) is 0.195. The molecule has 1 saturated carbocycles. The van der Waals surface area contributed by atoms with E-state index in [2.05, 4.69) is 4.90 Å². The molecule has 0 radical (unpaired) electrons. The van der Waals surface area contributed by atoms with Gasteiger partial charge in [-0.05, 0) is 44.6 Å². The van der Waals surface area contributed by atoms with Crippen LogP contribution in [0.4, 0.5) is 4.79 Å². The molecule has 0 aromatic carbocycles. The van der Waals surface area contributed by atoms with E-state index in [0.717, 1.165) is 38.8 Å². The first-order valence-corrected chi connectivity index (χ1v) is 9.57. The van der Waals surface area contributed by atoms with Crippen molar-refractivity contribution in [1.82, 2.24) is 14.7 Å². The van der Waals surface area contributed by atoms with E-state index in [0.29, 0.717) is 26.2 Å². The van der Waals surface area contributed by atoms with Crippen molar-refractivity contribution >= 4 is 12.0 Å². The lowest BCUT2D eigenvalue weighted by atomic mass is 9.90. The number of piperazine rings is 1. The monoisotopic (exact) mass is 369 g/mol. The molecule has 2 heterocycles. The fourth-order valence-corrected chi connectivity index (χ4v) is 4.39. The average Bonchev–Trinajstić information content (AvgIpc) is 3.38. The highest BCUT2D eigenvalue weighted by Gasteiger charge is 2.51. The quantitative estimate of drug-likeness (QED) is 0.706. The van der Waals surface area contributed by atoms with Gasteiger partial charge in [-0.1, -0.05) is 0 Å². The molecule has 0 aromatic rings. The number of nitrogens with zero attached hydrogens (tertiary/aromatic N) is 3. The Morgan fingerprint density at radius 3 is 2.62 bits per heavy atom. The van der Waals surface area contributed by atoms with Gasteiger partial charge >= 0.3 is 6.09 Å². The number of piperidine rings is 1. The van der Waals surface area contributed by atoms with Crippen molar-refractivity contribution in [2.24, 2.45) is 5.41 Å². The fourth-order valence-electron chi connectivity index (χ4n) is 4.39. The van der Waals surface area contributed by atoms with Crippen molar-refractivity contribution < 1.29 is 24.5 Å². The van der Waals surface area contributed by atoms with Crippen LogP contribution in [-0.4, -0.2) is 102 Å². The maximum Gasteiger partial charge on any atom is 0.408 e. The zero-order valence-electron chi connectivity index (χ0n) is 15.8. The predicted molar refractivity (Wildman–Crippen MR) is 94.9 cm³/mol. The number of hydrogen-bond acceptors (Lipinski definition) is 5. The minimum Gasteiger partial charge on any atom is -0.465 e. The Kier molecular flexibility index (Phi) is 5.74. The lowest BCUT2D eigenvalue weighted by Crippen LogP contribution is -2.60. The van der Waals surface area contributed by atoms with Crippen LogP contribution in [0, 0.1) is 5.41 Å². The smallest absolute Gasteiger partial charge is 0.408 e. The molecule has 3 atom stereocenters. The molecule has 8 nitrogen and oxygen atoms in total. The average molecular weight is 369 g/mol. The number of amides is 2. The third kappa shape index (κ3) is 3.82. The number of aliphatic hydroxyl groups is 1. The number of carbonyl (C=O) groups excluding carboxylic acids is 1. The molecule has 2 amide bonds. The minimum absolute atomic E-state index is 0.0696. The molecule has 1 aliphatic carbocycles. The van der Waals surface area contributed by atoms with Gasteiger partial charge in [-0.15, -0.1) is 0 Å². The molecule has 3 aliphatic rings. The molecule has 26 heavy (non-hydrogen) atoms. The topological polar surface area (TPSA) is 93.6 Å². The zero-order chi connectivity index (χ0) is 18.9. The maximum absolute atomic E-state index is 12.7. The Morgan fingerprint density at radius 1 is 1.31 bits per heavy atom. The highest BCUT2D eigenvalue weighted by Crippen LogP contribution is 2.53. The highest BCUT2D eigenvalue weighted by molar-refractivity contribution is 5.86. The van der Waals surface area contributed by atoms with Crippen molar-refractivity contribution in [3.63, 3.8) is 0 Å². The summed E-state index contributed by atoms with van der Waals surface area (Å²) in [5.74, 6) is -0.156. The van der Waals surface area contributed by atoms with Crippen LogP contribution in [0.3, 0.4) is 0 Å². The van der Waals surface area contributed by atoms with E-state index in [4.69, 9.17) is 4.74 Å². The van der Waals surface area contributed by atoms with E-state index < -0.39 is 12.1 Å². The summed E-state index contributed by atoms with van der Waals surface area (Å²) >= 11 is 0. The van der Waals surface area contributed by atoms with Crippen molar-refractivity contribution in [2.45, 2.75) is 50.8 Å². The van der Waals surface area contributed by atoms with E-state index in [1.54, 1.807) is 18.9 Å². The third-order valence-corrected chi connectivity index (χ3v) is 6.47. The van der Waals surface area contributed by atoms with Crippen LogP contribution >= 0.6 is 0 Å². The molecule has 2 saturated heterocycles. The first-order valence-electron chi connectivity index (χ1n) is 9.57. The van der Waals surface area contributed by atoms with Gasteiger partial charge in [-0.25, -0.2) is 4.79 Å².